The average Bonchev–Trinajstić information content (AvgIpc) is 2.71. The SMILES string of the molecule is Cc1ccc(NC(=O)COc2ccc(CNc3cc(Cl)ccc3C)cc2)cc1Cl. The fourth-order valence-electron chi connectivity index (χ4n) is 2.70. The van der Waals surface area contributed by atoms with Crippen molar-refractivity contribution in [1.29, 1.82) is 0 Å². The number of nitrogens with one attached hydrogen (secondary N) is 2. The van der Waals surface area contributed by atoms with Crippen molar-refractivity contribution >= 4 is 40.5 Å². The first kappa shape index (κ1) is 21.0. The average molecular weight is 429 g/mol. The van der Waals surface area contributed by atoms with E-state index in [4.69, 9.17) is 27.9 Å². The van der Waals surface area contributed by atoms with Crippen molar-refractivity contribution in [2.75, 3.05) is 17.2 Å². The van der Waals surface area contributed by atoms with E-state index in [0.29, 0.717) is 28.0 Å². The first-order valence-corrected chi connectivity index (χ1v) is 9.94. The quantitative estimate of drug-likeness (QED) is 0.468. The smallest absolute Gasteiger partial charge is 0.262 e. The van der Waals surface area contributed by atoms with Gasteiger partial charge in [0.05, 0.1) is 0 Å². The lowest BCUT2D eigenvalue weighted by Crippen LogP contribution is -2.20. The standard InChI is InChI=1S/C23H22Cl2N2O2/c1-15-4-8-19(12-21(15)25)27-23(28)14-29-20-9-5-17(6-10-20)13-26-22-11-18(24)7-3-16(22)2/h3-12,26H,13-14H2,1-2H3,(H,27,28). The highest BCUT2D eigenvalue weighted by Gasteiger charge is 2.06. The zero-order valence-electron chi connectivity index (χ0n) is 16.3. The molecule has 0 heterocycles. The number of ether oxygens (including phenoxy) is 1. The molecule has 0 atom stereocenters. The molecule has 0 aliphatic heterocycles. The molecule has 0 spiro atoms. The fraction of sp³-hybridized carbons (Fsp3) is 0.174. The van der Waals surface area contributed by atoms with Crippen LogP contribution in [0.5, 0.6) is 5.75 Å². The van der Waals surface area contributed by atoms with Crippen molar-refractivity contribution < 1.29 is 9.53 Å². The second kappa shape index (κ2) is 9.68. The molecule has 150 valence electrons. The first-order chi connectivity index (χ1) is 13.9. The Hall–Kier alpha value is -2.69. The molecule has 0 bridgehead atoms. The molecular formula is C23H22Cl2N2O2. The number of carbonyl (C=O) groups excluding carboxylic acids is 1. The van der Waals surface area contributed by atoms with E-state index in [9.17, 15) is 4.79 Å². The van der Waals surface area contributed by atoms with Gasteiger partial charge in [0.25, 0.3) is 5.91 Å². The summed E-state index contributed by atoms with van der Waals surface area (Å²) in [5, 5.41) is 7.46. The van der Waals surface area contributed by atoms with Crippen LogP contribution < -0.4 is 15.4 Å². The minimum Gasteiger partial charge on any atom is -0.484 e. The molecule has 4 nitrogen and oxygen atoms in total. The Labute approximate surface area is 180 Å². The van der Waals surface area contributed by atoms with Gasteiger partial charge in [0.15, 0.2) is 6.61 Å². The van der Waals surface area contributed by atoms with Crippen LogP contribution in [-0.4, -0.2) is 12.5 Å². The Bertz CT molecular complexity index is 1000. The molecule has 3 aromatic carbocycles. The summed E-state index contributed by atoms with van der Waals surface area (Å²) < 4.78 is 5.56. The van der Waals surface area contributed by atoms with E-state index in [2.05, 4.69) is 10.6 Å². The Morgan fingerprint density at radius 1 is 0.931 bits per heavy atom. The van der Waals surface area contributed by atoms with Crippen LogP contribution in [0.4, 0.5) is 11.4 Å². The number of carbonyl (C=O) groups is 1. The molecule has 29 heavy (non-hydrogen) atoms. The van der Waals surface area contributed by atoms with Crippen LogP contribution in [-0.2, 0) is 11.3 Å². The first-order valence-electron chi connectivity index (χ1n) is 9.18. The third-order valence-electron chi connectivity index (χ3n) is 4.43. The lowest BCUT2D eigenvalue weighted by atomic mass is 10.1. The van der Waals surface area contributed by atoms with Gasteiger partial charge in [-0.1, -0.05) is 47.5 Å². The summed E-state index contributed by atoms with van der Waals surface area (Å²) in [4.78, 5) is 12.1. The largest absolute Gasteiger partial charge is 0.484 e. The molecule has 0 aliphatic carbocycles. The van der Waals surface area contributed by atoms with Gasteiger partial charge in [-0.15, -0.1) is 0 Å². The van der Waals surface area contributed by atoms with E-state index in [1.54, 1.807) is 6.07 Å². The molecule has 3 rings (SSSR count). The van der Waals surface area contributed by atoms with Crippen LogP contribution >= 0.6 is 23.2 Å². The molecular weight excluding hydrogens is 407 g/mol. The second-order valence-corrected chi connectivity index (χ2v) is 7.60. The maximum Gasteiger partial charge on any atom is 0.262 e. The number of amides is 1. The van der Waals surface area contributed by atoms with Gasteiger partial charge in [0, 0.05) is 28.0 Å². The molecule has 0 aromatic heterocycles. The normalized spacial score (nSPS) is 10.5. The van der Waals surface area contributed by atoms with E-state index >= 15 is 0 Å². The highest BCUT2D eigenvalue weighted by molar-refractivity contribution is 6.31. The van der Waals surface area contributed by atoms with E-state index in [0.717, 1.165) is 22.4 Å². The Kier molecular flexibility index (Phi) is 7.02. The summed E-state index contributed by atoms with van der Waals surface area (Å²) >= 11 is 12.1. The third-order valence-corrected chi connectivity index (χ3v) is 5.07. The van der Waals surface area contributed by atoms with Crippen molar-refractivity contribution in [2.45, 2.75) is 20.4 Å². The monoisotopic (exact) mass is 428 g/mol. The molecule has 0 saturated heterocycles. The molecule has 0 radical (unpaired) electrons. The predicted molar refractivity (Wildman–Crippen MR) is 120 cm³/mol. The lowest BCUT2D eigenvalue weighted by molar-refractivity contribution is -0.118. The maximum atomic E-state index is 12.1. The van der Waals surface area contributed by atoms with Crippen molar-refractivity contribution in [3.8, 4) is 5.75 Å². The highest BCUT2D eigenvalue weighted by Crippen LogP contribution is 2.22. The molecule has 0 aliphatic rings. The number of hydrogen-bond donors (Lipinski definition) is 2. The minimum absolute atomic E-state index is 0.0786. The molecule has 0 saturated carbocycles. The van der Waals surface area contributed by atoms with Gasteiger partial charge in [-0.05, 0) is 66.9 Å². The van der Waals surface area contributed by atoms with Gasteiger partial charge in [-0.25, -0.2) is 0 Å². The van der Waals surface area contributed by atoms with Gasteiger partial charge in [-0.2, -0.15) is 0 Å². The van der Waals surface area contributed by atoms with Crippen LogP contribution in [0.1, 0.15) is 16.7 Å². The number of benzene rings is 3. The molecule has 3 aromatic rings. The number of anilines is 2. The van der Waals surface area contributed by atoms with E-state index in [1.807, 2.05) is 68.4 Å². The summed E-state index contributed by atoms with van der Waals surface area (Å²) in [7, 11) is 0. The number of hydrogen-bond acceptors (Lipinski definition) is 3. The van der Waals surface area contributed by atoms with Crippen LogP contribution in [0.2, 0.25) is 10.0 Å². The van der Waals surface area contributed by atoms with Gasteiger partial charge in [0.1, 0.15) is 5.75 Å². The summed E-state index contributed by atoms with van der Waals surface area (Å²) in [6.07, 6.45) is 0. The maximum absolute atomic E-state index is 12.1. The second-order valence-electron chi connectivity index (χ2n) is 6.76. The van der Waals surface area contributed by atoms with Crippen LogP contribution in [0.3, 0.4) is 0 Å². The third kappa shape index (κ3) is 6.14. The van der Waals surface area contributed by atoms with Crippen molar-refractivity contribution in [2.24, 2.45) is 0 Å². The van der Waals surface area contributed by atoms with E-state index in [1.165, 1.54) is 0 Å². The summed E-state index contributed by atoms with van der Waals surface area (Å²) in [6, 6.07) is 18.8. The van der Waals surface area contributed by atoms with Gasteiger partial charge >= 0.3 is 0 Å². The van der Waals surface area contributed by atoms with Gasteiger partial charge in [0.2, 0.25) is 0 Å². The Morgan fingerprint density at radius 3 is 2.38 bits per heavy atom. The van der Waals surface area contributed by atoms with Crippen LogP contribution in [0, 0.1) is 13.8 Å². The fourth-order valence-corrected chi connectivity index (χ4v) is 3.05. The van der Waals surface area contributed by atoms with Crippen LogP contribution in [0.25, 0.3) is 0 Å². The topological polar surface area (TPSA) is 50.4 Å². The van der Waals surface area contributed by atoms with Crippen molar-refractivity contribution in [3.63, 3.8) is 0 Å². The zero-order chi connectivity index (χ0) is 20.8. The molecule has 1 amide bonds. The molecule has 0 unspecified atom stereocenters. The zero-order valence-corrected chi connectivity index (χ0v) is 17.8. The molecule has 2 N–H and O–H groups in total. The Balaban J connectivity index is 1.49. The highest BCUT2D eigenvalue weighted by atomic mass is 35.5. The molecule has 0 fully saturated rings. The summed E-state index contributed by atoms with van der Waals surface area (Å²) in [5.41, 5.74) is 4.84. The Morgan fingerprint density at radius 2 is 1.66 bits per heavy atom. The predicted octanol–water partition coefficient (Wildman–Crippen LogP) is 6.24. The minimum atomic E-state index is -0.243. The molecule has 6 heteroatoms. The van der Waals surface area contributed by atoms with E-state index < -0.39 is 0 Å². The van der Waals surface area contributed by atoms with Gasteiger partial charge < -0.3 is 15.4 Å². The van der Waals surface area contributed by atoms with Crippen molar-refractivity contribution in [1.82, 2.24) is 0 Å². The van der Waals surface area contributed by atoms with E-state index in [-0.39, 0.29) is 12.5 Å². The number of rotatable bonds is 7. The number of halogens is 2. The summed E-state index contributed by atoms with van der Waals surface area (Å²) in [5.74, 6) is 0.386. The van der Waals surface area contributed by atoms with Crippen LogP contribution in [0.15, 0.2) is 60.7 Å². The number of aryl methyl sites for hydroxylation is 2. The lowest BCUT2D eigenvalue weighted by Gasteiger charge is -2.11. The van der Waals surface area contributed by atoms with Gasteiger partial charge in [-0.3, -0.25) is 4.79 Å². The van der Waals surface area contributed by atoms with Crippen molar-refractivity contribution in [3.05, 3.63) is 87.4 Å². The summed E-state index contributed by atoms with van der Waals surface area (Å²) in [6.45, 7) is 4.53.